The summed E-state index contributed by atoms with van der Waals surface area (Å²) in [6, 6.07) is 7.79. The number of hydrogen-bond acceptors (Lipinski definition) is 2. The first-order valence-corrected chi connectivity index (χ1v) is 8.06. The zero-order valence-corrected chi connectivity index (χ0v) is 13.6. The van der Waals surface area contributed by atoms with Gasteiger partial charge in [0.2, 0.25) is 0 Å². The lowest BCUT2D eigenvalue weighted by Crippen LogP contribution is -2.52. The smallest absolute Gasteiger partial charge is 0.251 e. The van der Waals surface area contributed by atoms with Crippen molar-refractivity contribution in [1.29, 1.82) is 0 Å². The van der Waals surface area contributed by atoms with E-state index >= 15 is 0 Å². The number of carbonyl (C=O) groups excluding carboxylic acids is 1. The monoisotopic (exact) mass is 288 g/mol. The van der Waals surface area contributed by atoms with Gasteiger partial charge in [0, 0.05) is 17.6 Å². The molecular formula is C18H28N2O. The number of benzene rings is 1. The molecule has 116 valence electrons. The molecule has 0 spiro atoms. The Morgan fingerprint density at radius 1 is 1.14 bits per heavy atom. The molecule has 1 N–H and O–H groups in total. The van der Waals surface area contributed by atoms with Gasteiger partial charge in [-0.15, -0.1) is 0 Å². The Morgan fingerprint density at radius 3 is 2.33 bits per heavy atom. The molecule has 0 radical (unpaired) electrons. The van der Waals surface area contributed by atoms with Gasteiger partial charge in [-0.2, -0.15) is 0 Å². The van der Waals surface area contributed by atoms with Crippen molar-refractivity contribution in [2.24, 2.45) is 0 Å². The van der Waals surface area contributed by atoms with Crippen LogP contribution in [0, 0.1) is 6.92 Å². The second-order valence-corrected chi connectivity index (χ2v) is 6.53. The maximum atomic E-state index is 12.4. The predicted molar refractivity (Wildman–Crippen MR) is 87.6 cm³/mol. The van der Waals surface area contributed by atoms with Gasteiger partial charge >= 0.3 is 0 Å². The first-order chi connectivity index (χ1) is 10.1. The fourth-order valence-electron chi connectivity index (χ4n) is 3.34. The summed E-state index contributed by atoms with van der Waals surface area (Å²) < 4.78 is 0. The molecule has 0 aliphatic heterocycles. The molecule has 1 aromatic rings. The normalized spacial score (nSPS) is 18.3. The highest BCUT2D eigenvalue weighted by Gasteiger charge is 2.33. The van der Waals surface area contributed by atoms with Crippen LogP contribution in [0.25, 0.3) is 0 Å². The van der Waals surface area contributed by atoms with Gasteiger partial charge in [0.25, 0.3) is 5.91 Å². The van der Waals surface area contributed by atoms with Gasteiger partial charge in [0.15, 0.2) is 0 Å². The van der Waals surface area contributed by atoms with E-state index in [0.717, 1.165) is 17.7 Å². The molecule has 0 unspecified atom stereocenters. The summed E-state index contributed by atoms with van der Waals surface area (Å²) in [4.78, 5) is 14.7. The van der Waals surface area contributed by atoms with Gasteiger partial charge in [-0.25, -0.2) is 0 Å². The van der Waals surface area contributed by atoms with Crippen molar-refractivity contribution in [2.45, 2.75) is 51.0 Å². The molecule has 1 saturated carbocycles. The van der Waals surface area contributed by atoms with E-state index in [-0.39, 0.29) is 11.4 Å². The van der Waals surface area contributed by atoms with E-state index in [0.29, 0.717) is 0 Å². The van der Waals surface area contributed by atoms with E-state index in [1.54, 1.807) is 0 Å². The summed E-state index contributed by atoms with van der Waals surface area (Å²) in [5.41, 5.74) is 1.95. The molecule has 3 nitrogen and oxygen atoms in total. The van der Waals surface area contributed by atoms with Crippen LogP contribution in [0.3, 0.4) is 0 Å². The van der Waals surface area contributed by atoms with Crippen LogP contribution in [0.15, 0.2) is 24.3 Å². The third-order valence-electron chi connectivity index (χ3n) is 4.95. The molecule has 1 aromatic carbocycles. The molecule has 1 aliphatic rings. The number of rotatable bonds is 4. The minimum absolute atomic E-state index is 0.0542. The molecular weight excluding hydrogens is 260 g/mol. The fourth-order valence-corrected chi connectivity index (χ4v) is 3.34. The van der Waals surface area contributed by atoms with Crippen molar-refractivity contribution in [1.82, 2.24) is 10.2 Å². The van der Waals surface area contributed by atoms with Gasteiger partial charge in [0.1, 0.15) is 0 Å². The molecule has 2 rings (SSSR count). The van der Waals surface area contributed by atoms with Gasteiger partial charge in [-0.05, 0) is 45.5 Å². The Hall–Kier alpha value is -1.35. The number of amides is 1. The second kappa shape index (κ2) is 7.08. The van der Waals surface area contributed by atoms with Crippen molar-refractivity contribution >= 4 is 5.91 Å². The van der Waals surface area contributed by atoms with Crippen LogP contribution in [0.1, 0.15) is 54.4 Å². The molecule has 1 amide bonds. The summed E-state index contributed by atoms with van der Waals surface area (Å²) in [7, 11) is 4.29. The third kappa shape index (κ3) is 3.85. The molecule has 3 heteroatoms. The van der Waals surface area contributed by atoms with Crippen LogP contribution in [0.4, 0.5) is 0 Å². The van der Waals surface area contributed by atoms with Crippen molar-refractivity contribution in [3.63, 3.8) is 0 Å². The summed E-state index contributed by atoms with van der Waals surface area (Å²) in [6.45, 7) is 2.73. The number of carbonyl (C=O) groups is 1. The Labute approximate surface area is 128 Å². The zero-order chi connectivity index (χ0) is 15.3. The quantitative estimate of drug-likeness (QED) is 0.861. The molecule has 1 fully saturated rings. The maximum Gasteiger partial charge on any atom is 0.251 e. The first kappa shape index (κ1) is 16.0. The third-order valence-corrected chi connectivity index (χ3v) is 4.95. The lowest BCUT2D eigenvalue weighted by molar-refractivity contribution is 0.0868. The SMILES string of the molecule is Cc1ccccc1C(=O)NCC1(N(C)C)CCCCCC1. The Balaban J connectivity index is 2.05. The van der Waals surface area contributed by atoms with Crippen LogP contribution in [-0.2, 0) is 0 Å². The molecule has 21 heavy (non-hydrogen) atoms. The molecule has 0 aromatic heterocycles. The van der Waals surface area contributed by atoms with E-state index in [1.165, 1.54) is 38.5 Å². The summed E-state index contributed by atoms with van der Waals surface area (Å²) in [6.07, 6.45) is 7.52. The van der Waals surface area contributed by atoms with Crippen molar-refractivity contribution in [3.05, 3.63) is 35.4 Å². The van der Waals surface area contributed by atoms with E-state index in [2.05, 4.69) is 24.3 Å². The van der Waals surface area contributed by atoms with Crippen molar-refractivity contribution in [2.75, 3.05) is 20.6 Å². The molecule has 0 bridgehead atoms. The first-order valence-electron chi connectivity index (χ1n) is 8.06. The minimum atomic E-state index is 0.0542. The minimum Gasteiger partial charge on any atom is -0.350 e. The van der Waals surface area contributed by atoms with Crippen molar-refractivity contribution in [3.8, 4) is 0 Å². The average Bonchev–Trinajstić information content (AvgIpc) is 2.72. The Bertz CT molecular complexity index is 474. The fraction of sp³-hybridized carbons (Fsp3) is 0.611. The number of nitrogens with one attached hydrogen (secondary N) is 1. The second-order valence-electron chi connectivity index (χ2n) is 6.53. The van der Waals surface area contributed by atoms with Crippen molar-refractivity contribution < 1.29 is 4.79 Å². The van der Waals surface area contributed by atoms with Crippen LogP contribution < -0.4 is 5.32 Å². The highest BCUT2D eigenvalue weighted by Crippen LogP contribution is 2.30. The largest absolute Gasteiger partial charge is 0.350 e. The summed E-state index contributed by atoms with van der Waals surface area (Å²) in [5.74, 6) is 0.0542. The van der Waals surface area contributed by atoms with Gasteiger partial charge in [-0.1, -0.05) is 43.9 Å². The topological polar surface area (TPSA) is 32.3 Å². The van der Waals surface area contributed by atoms with Crippen LogP contribution in [0.2, 0.25) is 0 Å². The maximum absolute atomic E-state index is 12.4. The Kier molecular flexibility index (Phi) is 5.40. The van der Waals surface area contributed by atoms with Gasteiger partial charge in [-0.3, -0.25) is 4.79 Å². The number of likely N-dealkylation sites (N-methyl/N-ethyl adjacent to an activating group) is 1. The Morgan fingerprint density at radius 2 is 1.76 bits per heavy atom. The highest BCUT2D eigenvalue weighted by atomic mass is 16.1. The lowest BCUT2D eigenvalue weighted by Gasteiger charge is -2.39. The molecule has 0 saturated heterocycles. The van der Waals surface area contributed by atoms with Gasteiger partial charge in [0.05, 0.1) is 0 Å². The number of nitrogens with zero attached hydrogens (tertiary/aromatic N) is 1. The molecule has 0 atom stereocenters. The average molecular weight is 288 g/mol. The lowest BCUT2D eigenvalue weighted by atomic mass is 9.88. The van der Waals surface area contributed by atoms with Crippen LogP contribution in [-0.4, -0.2) is 37.0 Å². The van der Waals surface area contributed by atoms with Gasteiger partial charge < -0.3 is 10.2 Å². The highest BCUT2D eigenvalue weighted by molar-refractivity contribution is 5.95. The molecule has 0 heterocycles. The zero-order valence-electron chi connectivity index (χ0n) is 13.6. The standard InChI is InChI=1S/C18H28N2O/c1-15-10-6-7-11-16(15)17(21)19-14-18(20(2)3)12-8-4-5-9-13-18/h6-7,10-11H,4-5,8-9,12-14H2,1-3H3,(H,19,21). The predicted octanol–water partition coefficient (Wildman–Crippen LogP) is 3.38. The van der Waals surface area contributed by atoms with E-state index in [4.69, 9.17) is 0 Å². The van der Waals surface area contributed by atoms with E-state index in [1.807, 2.05) is 31.2 Å². The van der Waals surface area contributed by atoms with Crippen LogP contribution >= 0.6 is 0 Å². The summed E-state index contributed by atoms with van der Waals surface area (Å²) >= 11 is 0. The van der Waals surface area contributed by atoms with E-state index in [9.17, 15) is 4.79 Å². The number of aryl methyl sites for hydroxylation is 1. The van der Waals surface area contributed by atoms with Crippen LogP contribution in [0.5, 0.6) is 0 Å². The summed E-state index contributed by atoms with van der Waals surface area (Å²) in [5, 5.41) is 3.18. The number of hydrogen-bond donors (Lipinski definition) is 1. The molecule has 1 aliphatic carbocycles. The van der Waals surface area contributed by atoms with E-state index < -0.39 is 0 Å².